The molecule has 0 radical (unpaired) electrons. The Morgan fingerprint density at radius 3 is 3.00 bits per heavy atom. The highest BCUT2D eigenvalue weighted by molar-refractivity contribution is 6.06. The monoisotopic (exact) mass is 240 g/mol. The molecule has 0 bridgehead atoms. The van der Waals surface area contributed by atoms with Crippen LogP contribution in [0.4, 0.5) is 0 Å². The Hall–Kier alpha value is -2.36. The van der Waals surface area contributed by atoms with Crippen LogP contribution in [-0.2, 0) is 6.54 Å². The van der Waals surface area contributed by atoms with Crippen LogP contribution in [0.1, 0.15) is 16.2 Å². The lowest BCUT2D eigenvalue weighted by Gasteiger charge is -2.02. The third-order valence-corrected chi connectivity index (χ3v) is 3.02. The summed E-state index contributed by atoms with van der Waals surface area (Å²) in [7, 11) is 0. The van der Waals surface area contributed by atoms with Crippen molar-refractivity contribution in [3.8, 4) is 0 Å². The SMILES string of the molecule is Cc1nccn1CC(=O)c1coc2ccccc12. The largest absolute Gasteiger partial charge is 0.464 e. The number of ketones is 1. The van der Waals surface area contributed by atoms with Crippen molar-refractivity contribution in [2.75, 3.05) is 0 Å². The van der Waals surface area contributed by atoms with Crippen molar-refractivity contribution in [1.82, 2.24) is 9.55 Å². The van der Waals surface area contributed by atoms with E-state index in [9.17, 15) is 4.79 Å². The van der Waals surface area contributed by atoms with Crippen molar-refractivity contribution < 1.29 is 9.21 Å². The van der Waals surface area contributed by atoms with Crippen LogP contribution in [0.2, 0.25) is 0 Å². The van der Waals surface area contributed by atoms with Gasteiger partial charge in [-0.1, -0.05) is 18.2 Å². The number of aryl methyl sites for hydroxylation is 1. The molecule has 1 aromatic carbocycles. The molecule has 4 heteroatoms. The molecule has 3 rings (SSSR count). The van der Waals surface area contributed by atoms with Gasteiger partial charge in [0.15, 0.2) is 5.78 Å². The van der Waals surface area contributed by atoms with Gasteiger partial charge in [0.2, 0.25) is 0 Å². The first-order valence-electron chi connectivity index (χ1n) is 5.73. The third kappa shape index (κ3) is 1.72. The minimum atomic E-state index is 0.0288. The maximum atomic E-state index is 12.2. The zero-order chi connectivity index (χ0) is 12.5. The van der Waals surface area contributed by atoms with Gasteiger partial charge >= 0.3 is 0 Å². The first kappa shape index (κ1) is 10.8. The van der Waals surface area contributed by atoms with E-state index in [0.29, 0.717) is 5.56 Å². The number of rotatable bonds is 3. The Morgan fingerprint density at radius 2 is 2.22 bits per heavy atom. The van der Waals surface area contributed by atoms with E-state index < -0.39 is 0 Å². The lowest BCUT2D eigenvalue weighted by molar-refractivity contribution is 0.0972. The molecule has 0 N–H and O–H groups in total. The molecule has 0 aliphatic heterocycles. The average Bonchev–Trinajstić information content (AvgIpc) is 2.96. The number of aromatic nitrogens is 2. The normalized spacial score (nSPS) is 10.9. The number of Topliss-reactive ketones (excluding diaryl/α,β-unsaturated/α-hetero) is 1. The Bertz CT molecular complexity index is 709. The molecule has 2 heterocycles. The number of hydrogen-bond donors (Lipinski definition) is 0. The van der Waals surface area contributed by atoms with Gasteiger partial charge in [0.25, 0.3) is 0 Å². The molecule has 4 nitrogen and oxygen atoms in total. The van der Waals surface area contributed by atoms with Crippen LogP contribution in [0.3, 0.4) is 0 Å². The number of hydrogen-bond acceptors (Lipinski definition) is 3. The predicted molar refractivity (Wildman–Crippen MR) is 67.5 cm³/mol. The van der Waals surface area contributed by atoms with Gasteiger partial charge in [0, 0.05) is 17.8 Å². The van der Waals surface area contributed by atoms with Gasteiger partial charge in [-0.05, 0) is 13.0 Å². The number of nitrogens with zero attached hydrogens (tertiary/aromatic N) is 2. The predicted octanol–water partition coefficient (Wildman–Crippen LogP) is 2.82. The van der Waals surface area contributed by atoms with E-state index in [0.717, 1.165) is 16.8 Å². The highest BCUT2D eigenvalue weighted by Crippen LogP contribution is 2.21. The first-order chi connectivity index (χ1) is 8.75. The summed E-state index contributed by atoms with van der Waals surface area (Å²) in [5.74, 6) is 0.859. The molecule has 3 aromatic rings. The Morgan fingerprint density at radius 1 is 1.39 bits per heavy atom. The fourth-order valence-electron chi connectivity index (χ4n) is 2.00. The van der Waals surface area contributed by atoms with Crippen molar-refractivity contribution in [3.63, 3.8) is 0 Å². The minimum Gasteiger partial charge on any atom is -0.464 e. The number of benzene rings is 1. The van der Waals surface area contributed by atoms with Crippen molar-refractivity contribution >= 4 is 16.8 Å². The summed E-state index contributed by atoms with van der Waals surface area (Å²) in [6.07, 6.45) is 5.02. The third-order valence-electron chi connectivity index (χ3n) is 3.02. The van der Waals surface area contributed by atoms with Crippen molar-refractivity contribution in [3.05, 3.63) is 54.3 Å². The lowest BCUT2D eigenvalue weighted by atomic mass is 10.1. The topological polar surface area (TPSA) is 48.0 Å². The second-order valence-electron chi connectivity index (χ2n) is 4.17. The van der Waals surface area contributed by atoms with Crippen LogP contribution >= 0.6 is 0 Å². The Balaban J connectivity index is 1.95. The van der Waals surface area contributed by atoms with Gasteiger partial charge in [-0.15, -0.1) is 0 Å². The van der Waals surface area contributed by atoms with Crippen LogP contribution in [0, 0.1) is 6.92 Å². The zero-order valence-corrected chi connectivity index (χ0v) is 9.96. The highest BCUT2D eigenvalue weighted by Gasteiger charge is 2.14. The van der Waals surface area contributed by atoms with E-state index in [1.807, 2.05) is 35.8 Å². The van der Waals surface area contributed by atoms with Gasteiger partial charge < -0.3 is 8.98 Å². The molecule has 2 aromatic heterocycles. The Labute approximate surface area is 104 Å². The molecule has 18 heavy (non-hydrogen) atoms. The molecular weight excluding hydrogens is 228 g/mol. The van der Waals surface area contributed by atoms with Gasteiger partial charge in [0.1, 0.15) is 17.7 Å². The zero-order valence-electron chi connectivity index (χ0n) is 9.96. The summed E-state index contributed by atoms with van der Waals surface area (Å²) in [6, 6.07) is 7.54. The maximum absolute atomic E-state index is 12.2. The molecule has 0 unspecified atom stereocenters. The summed E-state index contributed by atoms with van der Waals surface area (Å²) in [4.78, 5) is 16.3. The number of fused-ring (bicyclic) bond motifs is 1. The van der Waals surface area contributed by atoms with Gasteiger partial charge in [-0.25, -0.2) is 4.98 Å². The standard InChI is InChI=1S/C14H12N2O2/c1-10-15-6-7-16(10)8-13(17)12-9-18-14-5-3-2-4-11(12)14/h2-7,9H,8H2,1H3. The Kier molecular flexibility index (Phi) is 2.48. The number of carbonyl (C=O) groups is 1. The molecule has 0 spiro atoms. The van der Waals surface area contributed by atoms with E-state index in [1.54, 1.807) is 12.4 Å². The molecule has 0 aliphatic rings. The van der Waals surface area contributed by atoms with E-state index in [4.69, 9.17) is 4.42 Å². The average molecular weight is 240 g/mol. The van der Waals surface area contributed by atoms with Gasteiger partial charge in [0.05, 0.1) is 12.1 Å². The van der Waals surface area contributed by atoms with Crippen LogP contribution in [0.5, 0.6) is 0 Å². The van der Waals surface area contributed by atoms with Crippen LogP contribution < -0.4 is 0 Å². The molecule has 0 saturated heterocycles. The minimum absolute atomic E-state index is 0.0288. The van der Waals surface area contributed by atoms with Crippen LogP contribution in [0.15, 0.2) is 47.3 Å². The molecule has 90 valence electrons. The second-order valence-corrected chi connectivity index (χ2v) is 4.17. The number of furan rings is 1. The summed E-state index contributed by atoms with van der Waals surface area (Å²) in [6.45, 7) is 2.16. The van der Waals surface area contributed by atoms with E-state index >= 15 is 0 Å². The highest BCUT2D eigenvalue weighted by atomic mass is 16.3. The molecule has 0 aliphatic carbocycles. The molecule has 0 atom stereocenters. The maximum Gasteiger partial charge on any atom is 0.186 e. The van der Waals surface area contributed by atoms with Crippen molar-refractivity contribution in [1.29, 1.82) is 0 Å². The van der Waals surface area contributed by atoms with E-state index in [2.05, 4.69) is 4.98 Å². The summed E-state index contributed by atoms with van der Waals surface area (Å²) in [5, 5.41) is 0.861. The molecule has 0 fully saturated rings. The quantitative estimate of drug-likeness (QED) is 0.661. The molecule has 0 amide bonds. The van der Waals surface area contributed by atoms with Crippen LogP contribution in [-0.4, -0.2) is 15.3 Å². The summed E-state index contributed by atoms with van der Waals surface area (Å²) < 4.78 is 7.20. The fourth-order valence-corrected chi connectivity index (χ4v) is 2.00. The molecule has 0 saturated carbocycles. The fraction of sp³-hybridized carbons (Fsp3) is 0.143. The van der Waals surface area contributed by atoms with Crippen molar-refractivity contribution in [2.45, 2.75) is 13.5 Å². The van der Waals surface area contributed by atoms with Crippen LogP contribution in [0.25, 0.3) is 11.0 Å². The van der Waals surface area contributed by atoms with Gasteiger partial charge in [-0.3, -0.25) is 4.79 Å². The van der Waals surface area contributed by atoms with Crippen molar-refractivity contribution in [2.24, 2.45) is 0 Å². The second kappa shape index (κ2) is 4.14. The first-order valence-corrected chi connectivity index (χ1v) is 5.73. The van der Waals surface area contributed by atoms with Gasteiger partial charge in [-0.2, -0.15) is 0 Å². The number of carbonyl (C=O) groups excluding carboxylic acids is 1. The number of para-hydroxylation sites is 1. The van der Waals surface area contributed by atoms with E-state index in [-0.39, 0.29) is 12.3 Å². The summed E-state index contributed by atoms with van der Waals surface area (Å²) >= 11 is 0. The van der Waals surface area contributed by atoms with E-state index in [1.165, 1.54) is 6.26 Å². The smallest absolute Gasteiger partial charge is 0.186 e. The summed E-state index contributed by atoms with van der Waals surface area (Å²) in [5.41, 5.74) is 1.36. The lowest BCUT2D eigenvalue weighted by Crippen LogP contribution is -2.10. The number of imidazole rings is 1. The molecular formula is C14H12N2O2.